The predicted molar refractivity (Wildman–Crippen MR) is 86.3 cm³/mol. The molecule has 3 N–H and O–H groups in total. The summed E-state index contributed by atoms with van der Waals surface area (Å²) in [6.07, 6.45) is 7.87. The topological polar surface area (TPSA) is 41.3 Å². The van der Waals surface area contributed by atoms with Crippen molar-refractivity contribution in [3.63, 3.8) is 0 Å². The second-order valence-corrected chi connectivity index (χ2v) is 6.24. The van der Waals surface area contributed by atoms with Crippen LogP contribution in [0.5, 0.6) is 0 Å². The number of nitrogens with one attached hydrogen (secondary N) is 1. The Morgan fingerprint density at radius 2 is 1.85 bits per heavy atom. The molecular weight excluding hydrogens is 246 g/mol. The fourth-order valence-corrected chi connectivity index (χ4v) is 3.71. The molecule has 2 unspecified atom stereocenters. The molecule has 2 fully saturated rings. The third-order valence-corrected chi connectivity index (χ3v) is 4.90. The van der Waals surface area contributed by atoms with Gasteiger partial charge in [-0.3, -0.25) is 0 Å². The number of benzene rings is 1. The Labute approximate surface area is 122 Å². The second kappa shape index (κ2) is 6.49. The van der Waals surface area contributed by atoms with E-state index in [2.05, 4.69) is 34.5 Å². The van der Waals surface area contributed by atoms with Crippen LogP contribution in [-0.2, 0) is 0 Å². The van der Waals surface area contributed by atoms with Gasteiger partial charge >= 0.3 is 0 Å². The lowest BCUT2D eigenvalue weighted by atomic mass is 10.0. The van der Waals surface area contributed by atoms with Crippen LogP contribution in [0.4, 0.5) is 11.4 Å². The lowest BCUT2D eigenvalue weighted by Crippen LogP contribution is -2.33. The largest absolute Gasteiger partial charge is 0.380 e. The van der Waals surface area contributed by atoms with Crippen molar-refractivity contribution in [1.82, 2.24) is 0 Å². The summed E-state index contributed by atoms with van der Waals surface area (Å²) in [5.74, 6) is 0.643. The van der Waals surface area contributed by atoms with E-state index in [1.54, 1.807) is 0 Å². The highest BCUT2D eigenvalue weighted by Crippen LogP contribution is 2.33. The molecule has 3 rings (SSSR count). The number of piperidine rings is 1. The summed E-state index contributed by atoms with van der Waals surface area (Å²) in [5.41, 5.74) is 8.60. The molecule has 0 amide bonds. The van der Waals surface area contributed by atoms with Crippen LogP contribution in [0.2, 0.25) is 0 Å². The van der Waals surface area contributed by atoms with Crippen molar-refractivity contribution in [3.8, 4) is 0 Å². The number of para-hydroxylation sites is 2. The average molecular weight is 273 g/mol. The summed E-state index contributed by atoms with van der Waals surface area (Å²) in [4.78, 5) is 2.54. The molecule has 3 heteroatoms. The minimum Gasteiger partial charge on any atom is -0.380 e. The van der Waals surface area contributed by atoms with Crippen LogP contribution in [0, 0.1) is 5.92 Å². The molecule has 2 aliphatic rings. The molecule has 0 bridgehead atoms. The molecule has 20 heavy (non-hydrogen) atoms. The van der Waals surface area contributed by atoms with Crippen LogP contribution in [0.3, 0.4) is 0 Å². The minimum absolute atomic E-state index is 0.561. The van der Waals surface area contributed by atoms with Crippen molar-refractivity contribution in [2.45, 2.75) is 44.6 Å². The molecule has 1 aliphatic carbocycles. The Morgan fingerprint density at radius 1 is 1.05 bits per heavy atom. The number of hydrogen-bond acceptors (Lipinski definition) is 3. The monoisotopic (exact) mass is 273 g/mol. The van der Waals surface area contributed by atoms with E-state index in [1.807, 2.05) is 0 Å². The van der Waals surface area contributed by atoms with Crippen molar-refractivity contribution in [2.75, 3.05) is 29.9 Å². The van der Waals surface area contributed by atoms with E-state index in [0.29, 0.717) is 12.0 Å². The highest BCUT2D eigenvalue weighted by Gasteiger charge is 2.26. The summed E-state index contributed by atoms with van der Waals surface area (Å²) < 4.78 is 0. The molecule has 1 aliphatic heterocycles. The normalized spacial score (nSPS) is 26.8. The van der Waals surface area contributed by atoms with Gasteiger partial charge in [0.2, 0.25) is 0 Å². The quantitative estimate of drug-likeness (QED) is 0.885. The van der Waals surface area contributed by atoms with Gasteiger partial charge in [0.25, 0.3) is 0 Å². The van der Waals surface area contributed by atoms with Gasteiger partial charge in [0.1, 0.15) is 0 Å². The number of rotatable bonds is 4. The van der Waals surface area contributed by atoms with Crippen LogP contribution in [0.25, 0.3) is 0 Å². The van der Waals surface area contributed by atoms with Gasteiger partial charge in [-0.05, 0) is 56.7 Å². The Hall–Kier alpha value is -1.22. The summed E-state index contributed by atoms with van der Waals surface area (Å²) in [6, 6.07) is 9.35. The van der Waals surface area contributed by atoms with Gasteiger partial charge in [-0.2, -0.15) is 0 Å². The van der Waals surface area contributed by atoms with Crippen molar-refractivity contribution >= 4 is 11.4 Å². The average Bonchev–Trinajstić information content (AvgIpc) is 2.96. The van der Waals surface area contributed by atoms with Gasteiger partial charge in [-0.15, -0.1) is 0 Å². The van der Waals surface area contributed by atoms with Gasteiger partial charge in [0.15, 0.2) is 0 Å². The van der Waals surface area contributed by atoms with Gasteiger partial charge in [0.05, 0.1) is 11.4 Å². The van der Waals surface area contributed by atoms with E-state index in [9.17, 15) is 0 Å². The molecule has 0 aromatic heterocycles. The lowest BCUT2D eigenvalue weighted by molar-refractivity contribution is 0.516. The van der Waals surface area contributed by atoms with Crippen molar-refractivity contribution in [1.29, 1.82) is 0 Å². The Morgan fingerprint density at radius 3 is 2.65 bits per heavy atom. The van der Waals surface area contributed by atoms with Crippen LogP contribution in [0.15, 0.2) is 24.3 Å². The van der Waals surface area contributed by atoms with Crippen LogP contribution >= 0.6 is 0 Å². The molecule has 1 heterocycles. The van der Waals surface area contributed by atoms with Gasteiger partial charge in [-0.1, -0.05) is 18.6 Å². The predicted octanol–water partition coefficient (Wildman–Crippen LogP) is 3.22. The summed E-state index contributed by atoms with van der Waals surface area (Å²) in [7, 11) is 0. The highest BCUT2D eigenvalue weighted by atomic mass is 15.2. The zero-order valence-corrected chi connectivity index (χ0v) is 12.4. The molecular formula is C17H27N3. The molecule has 3 nitrogen and oxygen atoms in total. The maximum atomic E-state index is 5.91. The van der Waals surface area contributed by atoms with E-state index in [-0.39, 0.29) is 0 Å². The van der Waals surface area contributed by atoms with E-state index in [4.69, 9.17) is 5.73 Å². The molecule has 0 radical (unpaired) electrons. The third-order valence-electron chi connectivity index (χ3n) is 4.90. The maximum Gasteiger partial charge on any atom is 0.0602 e. The van der Waals surface area contributed by atoms with Crippen molar-refractivity contribution < 1.29 is 0 Å². The molecule has 2 atom stereocenters. The van der Waals surface area contributed by atoms with E-state index < -0.39 is 0 Å². The zero-order valence-electron chi connectivity index (χ0n) is 12.4. The second-order valence-electron chi connectivity index (χ2n) is 6.24. The molecule has 0 spiro atoms. The minimum atomic E-state index is 0.561. The maximum absolute atomic E-state index is 5.91. The summed E-state index contributed by atoms with van der Waals surface area (Å²) in [5, 5.41) is 3.79. The highest BCUT2D eigenvalue weighted by molar-refractivity contribution is 5.70. The van der Waals surface area contributed by atoms with Gasteiger partial charge in [-0.25, -0.2) is 0 Å². The Balaban J connectivity index is 1.75. The zero-order chi connectivity index (χ0) is 13.8. The summed E-state index contributed by atoms with van der Waals surface area (Å²) in [6.45, 7) is 3.21. The molecule has 1 aromatic rings. The Bertz CT molecular complexity index is 426. The number of nitrogens with two attached hydrogens (primary N) is 1. The van der Waals surface area contributed by atoms with Crippen LogP contribution in [-0.4, -0.2) is 25.7 Å². The van der Waals surface area contributed by atoms with Gasteiger partial charge < -0.3 is 16.0 Å². The Kier molecular flexibility index (Phi) is 4.46. The van der Waals surface area contributed by atoms with E-state index >= 15 is 0 Å². The van der Waals surface area contributed by atoms with E-state index in [1.165, 1.54) is 63.0 Å². The number of hydrogen-bond donors (Lipinski definition) is 2. The molecule has 1 aromatic carbocycles. The van der Waals surface area contributed by atoms with Gasteiger partial charge in [0, 0.05) is 19.1 Å². The smallest absolute Gasteiger partial charge is 0.0602 e. The lowest BCUT2D eigenvalue weighted by Gasteiger charge is -2.32. The van der Waals surface area contributed by atoms with Crippen molar-refractivity contribution in [3.05, 3.63) is 24.3 Å². The number of nitrogens with zero attached hydrogens (tertiary/aromatic N) is 1. The summed E-state index contributed by atoms with van der Waals surface area (Å²) >= 11 is 0. The number of anilines is 2. The molecule has 1 saturated heterocycles. The molecule has 110 valence electrons. The SMILES string of the molecule is NCC1CCCC1Nc1ccccc1N1CCCCC1. The first-order valence-electron chi connectivity index (χ1n) is 8.19. The fourth-order valence-electron chi connectivity index (χ4n) is 3.71. The first-order chi connectivity index (χ1) is 9.88. The van der Waals surface area contributed by atoms with E-state index in [0.717, 1.165) is 6.54 Å². The fraction of sp³-hybridized carbons (Fsp3) is 0.647. The molecule has 1 saturated carbocycles. The van der Waals surface area contributed by atoms with Crippen LogP contribution in [0.1, 0.15) is 38.5 Å². The third kappa shape index (κ3) is 2.93. The first kappa shape index (κ1) is 13.7. The van der Waals surface area contributed by atoms with Crippen LogP contribution < -0.4 is 16.0 Å². The standard InChI is InChI=1S/C17H27N3/c18-13-14-7-6-9-15(14)19-16-8-2-3-10-17(16)20-11-4-1-5-12-20/h2-3,8,10,14-15,19H,1,4-7,9,11-13,18H2. The van der Waals surface area contributed by atoms with Crippen molar-refractivity contribution in [2.24, 2.45) is 11.7 Å². The first-order valence-corrected chi connectivity index (χ1v) is 8.19.